The number of hydrogen-bond donors (Lipinski definition) is 0. The molecule has 1 saturated carbocycles. The normalized spacial score (nSPS) is 39.4. The van der Waals surface area contributed by atoms with Gasteiger partial charge in [-0.2, -0.15) is 0 Å². The van der Waals surface area contributed by atoms with Crippen LogP contribution in [0.4, 0.5) is 0 Å². The highest BCUT2D eigenvalue weighted by atomic mass is 16.7. The lowest BCUT2D eigenvalue weighted by atomic mass is 9.74. The third kappa shape index (κ3) is 1.15. The van der Waals surface area contributed by atoms with E-state index in [0.717, 1.165) is 13.2 Å². The van der Waals surface area contributed by atoms with Crippen molar-refractivity contribution in [2.75, 3.05) is 13.2 Å². The Morgan fingerprint density at radius 2 is 1.50 bits per heavy atom. The second-order valence-corrected chi connectivity index (χ2v) is 6.56. The van der Waals surface area contributed by atoms with E-state index in [9.17, 15) is 0 Å². The number of ether oxygens (including phenoxy) is 2. The maximum atomic E-state index is 6.11. The molecule has 2 fully saturated rings. The summed E-state index contributed by atoms with van der Waals surface area (Å²) in [6.07, 6.45) is 1.20. The van der Waals surface area contributed by atoms with Crippen molar-refractivity contribution in [1.82, 2.24) is 0 Å². The molecule has 0 bridgehead atoms. The fourth-order valence-electron chi connectivity index (χ4n) is 4.52. The van der Waals surface area contributed by atoms with Crippen LogP contribution in [0.15, 0.2) is 0 Å². The fourth-order valence-corrected chi connectivity index (χ4v) is 4.52. The van der Waals surface area contributed by atoms with Crippen molar-refractivity contribution in [3.8, 4) is 0 Å². The SMILES string of the molecule is CCC1C(C)C(C)(C)C2(OCCO2)C1(C)C. The van der Waals surface area contributed by atoms with Gasteiger partial charge in [-0.1, -0.05) is 48.0 Å². The molecule has 2 atom stereocenters. The summed E-state index contributed by atoms with van der Waals surface area (Å²) in [7, 11) is 0. The third-order valence-electron chi connectivity index (χ3n) is 5.50. The molecule has 2 unspecified atom stereocenters. The van der Waals surface area contributed by atoms with E-state index < -0.39 is 0 Å². The molecule has 0 aromatic rings. The zero-order chi connectivity index (χ0) is 12.2. The molecular weight excluding hydrogens is 200 g/mol. The molecule has 1 spiro atoms. The van der Waals surface area contributed by atoms with Crippen molar-refractivity contribution < 1.29 is 9.47 Å². The summed E-state index contributed by atoms with van der Waals surface area (Å²) in [4.78, 5) is 0. The summed E-state index contributed by atoms with van der Waals surface area (Å²) >= 11 is 0. The van der Waals surface area contributed by atoms with Gasteiger partial charge in [-0.25, -0.2) is 0 Å². The lowest BCUT2D eigenvalue weighted by molar-refractivity contribution is -0.268. The van der Waals surface area contributed by atoms with Crippen LogP contribution in [0.1, 0.15) is 48.0 Å². The molecule has 94 valence electrons. The van der Waals surface area contributed by atoms with Gasteiger partial charge in [0.15, 0.2) is 5.79 Å². The minimum Gasteiger partial charge on any atom is -0.346 e. The van der Waals surface area contributed by atoms with Gasteiger partial charge in [0, 0.05) is 10.8 Å². The summed E-state index contributed by atoms with van der Waals surface area (Å²) in [5, 5.41) is 0. The summed E-state index contributed by atoms with van der Waals surface area (Å²) < 4.78 is 12.2. The molecule has 1 aliphatic carbocycles. The summed E-state index contributed by atoms with van der Waals surface area (Å²) in [6, 6.07) is 0. The highest BCUT2D eigenvalue weighted by molar-refractivity contribution is 5.12. The van der Waals surface area contributed by atoms with Gasteiger partial charge in [0.05, 0.1) is 13.2 Å². The first-order valence-corrected chi connectivity index (χ1v) is 6.59. The van der Waals surface area contributed by atoms with Crippen LogP contribution < -0.4 is 0 Å². The molecule has 0 aromatic heterocycles. The predicted molar refractivity (Wildman–Crippen MR) is 65.1 cm³/mol. The Hall–Kier alpha value is -0.0800. The van der Waals surface area contributed by atoms with Gasteiger partial charge < -0.3 is 9.47 Å². The van der Waals surface area contributed by atoms with Crippen molar-refractivity contribution in [2.45, 2.75) is 53.8 Å². The second kappa shape index (κ2) is 3.46. The Balaban J connectivity index is 2.50. The first-order chi connectivity index (χ1) is 7.31. The van der Waals surface area contributed by atoms with Crippen LogP contribution in [0.5, 0.6) is 0 Å². The van der Waals surface area contributed by atoms with Gasteiger partial charge in [0.25, 0.3) is 0 Å². The standard InChI is InChI=1S/C14H26O2/c1-7-11-10(2)12(3,4)14(13(11,5)6)15-8-9-16-14/h10-11H,7-9H2,1-6H3. The van der Waals surface area contributed by atoms with E-state index in [1.807, 2.05) is 0 Å². The van der Waals surface area contributed by atoms with Gasteiger partial charge in [-0.15, -0.1) is 0 Å². The molecule has 2 rings (SSSR count). The largest absolute Gasteiger partial charge is 0.346 e. The van der Waals surface area contributed by atoms with Crippen molar-refractivity contribution >= 4 is 0 Å². The van der Waals surface area contributed by atoms with E-state index in [0.29, 0.717) is 11.8 Å². The van der Waals surface area contributed by atoms with Gasteiger partial charge in [0.2, 0.25) is 0 Å². The lowest BCUT2D eigenvalue weighted by Gasteiger charge is -2.45. The van der Waals surface area contributed by atoms with Crippen molar-refractivity contribution in [1.29, 1.82) is 0 Å². The second-order valence-electron chi connectivity index (χ2n) is 6.56. The summed E-state index contributed by atoms with van der Waals surface area (Å²) in [6.45, 7) is 15.4. The van der Waals surface area contributed by atoms with Crippen LogP contribution in [0.3, 0.4) is 0 Å². The zero-order valence-corrected chi connectivity index (χ0v) is 11.6. The topological polar surface area (TPSA) is 18.5 Å². The minimum atomic E-state index is -0.375. The van der Waals surface area contributed by atoms with E-state index in [2.05, 4.69) is 41.5 Å². The first kappa shape index (κ1) is 12.4. The fraction of sp³-hybridized carbons (Fsp3) is 1.00. The molecule has 0 amide bonds. The molecule has 2 nitrogen and oxygen atoms in total. The highest BCUT2D eigenvalue weighted by Gasteiger charge is 2.70. The Morgan fingerprint density at radius 1 is 1.00 bits per heavy atom. The number of hydrogen-bond acceptors (Lipinski definition) is 2. The van der Waals surface area contributed by atoms with Crippen LogP contribution in [0.25, 0.3) is 0 Å². The number of rotatable bonds is 1. The molecule has 0 radical (unpaired) electrons. The molecule has 1 saturated heterocycles. The van der Waals surface area contributed by atoms with Crippen LogP contribution in [0, 0.1) is 22.7 Å². The Morgan fingerprint density at radius 3 is 1.88 bits per heavy atom. The highest BCUT2D eigenvalue weighted by Crippen LogP contribution is 2.66. The van der Waals surface area contributed by atoms with Gasteiger partial charge in [-0.05, 0) is 11.8 Å². The average Bonchev–Trinajstić information content (AvgIpc) is 2.70. The van der Waals surface area contributed by atoms with E-state index in [4.69, 9.17) is 9.47 Å². The average molecular weight is 226 g/mol. The molecule has 2 aliphatic rings. The van der Waals surface area contributed by atoms with Crippen LogP contribution in [-0.2, 0) is 9.47 Å². The predicted octanol–water partition coefficient (Wildman–Crippen LogP) is 3.46. The van der Waals surface area contributed by atoms with E-state index >= 15 is 0 Å². The molecule has 0 N–H and O–H groups in total. The van der Waals surface area contributed by atoms with Crippen molar-refractivity contribution in [3.63, 3.8) is 0 Å². The first-order valence-electron chi connectivity index (χ1n) is 6.59. The van der Waals surface area contributed by atoms with E-state index in [-0.39, 0.29) is 16.6 Å². The molecule has 0 aromatic carbocycles. The molecule has 16 heavy (non-hydrogen) atoms. The Labute approximate surface area is 99.7 Å². The quantitative estimate of drug-likeness (QED) is 0.681. The van der Waals surface area contributed by atoms with E-state index in [1.54, 1.807) is 0 Å². The van der Waals surface area contributed by atoms with E-state index in [1.165, 1.54) is 6.42 Å². The maximum Gasteiger partial charge on any atom is 0.179 e. The minimum absolute atomic E-state index is 0.0909. The molecular formula is C14H26O2. The Kier molecular flexibility index (Phi) is 2.67. The van der Waals surface area contributed by atoms with Crippen molar-refractivity contribution in [2.24, 2.45) is 22.7 Å². The van der Waals surface area contributed by atoms with Crippen LogP contribution in [-0.4, -0.2) is 19.0 Å². The molecule has 1 heterocycles. The van der Waals surface area contributed by atoms with Crippen LogP contribution >= 0.6 is 0 Å². The zero-order valence-electron chi connectivity index (χ0n) is 11.6. The van der Waals surface area contributed by atoms with Gasteiger partial charge in [0.1, 0.15) is 0 Å². The van der Waals surface area contributed by atoms with Crippen molar-refractivity contribution in [3.05, 3.63) is 0 Å². The molecule has 2 heteroatoms. The summed E-state index contributed by atoms with van der Waals surface area (Å²) in [5.41, 5.74) is 0.189. The maximum absolute atomic E-state index is 6.11. The van der Waals surface area contributed by atoms with Crippen LogP contribution in [0.2, 0.25) is 0 Å². The van der Waals surface area contributed by atoms with Gasteiger partial charge in [-0.3, -0.25) is 0 Å². The summed E-state index contributed by atoms with van der Waals surface area (Å²) in [5.74, 6) is 0.922. The van der Waals surface area contributed by atoms with Gasteiger partial charge >= 0.3 is 0 Å². The smallest absolute Gasteiger partial charge is 0.179 e. The monoisotopic (exact) mass is 226 g/mol. The lowest BCUT2D eigenvalue weighted by Crippen LogP contribution is -2.52. The Bertz CT molecular complexity index is 274. The third-order valence-corrected chi connectivity index (χ3v) is 5.50. The molecule has 1 aliphatic heterocycles.